The predicted octanol–water partition coefficient (Wildman–Crippen LogP) is 5.93. The van der Waals surface area contributed by atoms with Crippen molar-refractivity contribution >= 4 is 23.1 Å². The summed E-state index contributed by atoms with van der Waals surface area (Å²) in [5.41, 5.74) is 7.54. The molecule has 0 unspecified atom stereocenters. The van der Waals surface area contributed by atoms with Gasteiger partial charge in [0.25, 0.3) is 0 Å². The summed E-state index contributed by atoms with van der Waals surface area (Å²) in [6, 6.07) is 12.5. The van der Waals surface area contributed by atoms with Crippen molar-refractivity contribution in [3.8, 4) is 6.07 Å². The summed E-state index contributed by atoms with van der Waals surface area (Å²) >= 11 is 0. The maximum atomic E-state index is 11.3. The lowest BCUT2D eigenvalue weighted by Gasteiger charge is -2.15. The molecule has 0 aromatic heterocycles. The van der Waals surface area contributed by atoms with Gasteiger partial charge in [-0.15, -0.1) is 0 Å². The Balaban J connectivity index is 1.69. The Kier molecular flexibility index (Phi) is 7.37. The van der Waals surface area contributed by atoms with Crippen LogP contribution in [0.25, 0.3) is 0 Å². The molecule has 2 aromatic carbocycles. The van der Waals surface area contributed by atoms with Crippen molar-refractivity contribution in [2.24, 2.45) is 4.99 Å². The third kappa shape index (κ3) is 5.92. The van der Waals surface area contributed by atoms with Gasteiger partial charge in [0.05, 0.1) is 17.2 Å². The van der Waals surface area contributed by atoms with Crippen LogP contribution < -0.4 is 5.32 Å². The van der Waals surface area contributed by atoms with Crippen LogP contribution in [0.15, 0.2) is 77.1 Å². The minimum absolute atomic E-state index is 0.272. The van der Waals surface area contributed by atoms with Gasteiger partial charge in [-0.25, -0.2) is 4.79 Å². The van der Waals surface area contributed by atoms with E-state index in [0.717, 1.165) is 39.4 Å². The Morgan fingerprint density at radius 1 is 1.09 bits per heavy atom. The zero-order valence-electron chi connectivity index (χ0n) is 18.9. The lowest BCUT2D eigenvalue weighted by atomic mass is 9.99. The summed E-state index contributed by atoms with van der Waals surface area (Å²) < 4.78 is 0. The molecule has 0 atom stereocenters. The van der Waals surface area contributed by atoms with Gasteiger partial charge in [-0.3, -0.25) is 4.99 Å². The van der Waals surface area contributed by atoms with Crippen molar-refractivity contribution in [1.29, 1.82) is 10.7 Å². The highest BCUT2D eigenvalue weighted by atomic mass is 16.4. The molecule has 0 bridgehead atoms. The fourth-order valence-corrected chi connectivity index (χ4v) is 3.58. The largest absolute Gasteiger partial charge is 0.478 e. The Morgan fingerprint density at radius 3 is 2.36 bits per heavy atom. The average Bonchev–Trinajstić information content (AvgIpc) is 2.79. The Bertz CT molecular complexity index is 1230. The third-order valence-corrected chi connectivity index (χ3v) is 5.48. The predicted molar refractivity (Wildman–Crippen MR) is 132 cm³/mol. The molecule has 1 aliphatic heterocycles. The lowest BCUT2D eigenvalue weighted by Crippen LogP contribution is -2.08. The molecule has 0 radical (unpaired) electrons. The molecule has 6 nitrogen and oxygen atoms in total. The van der Waals surface area contributed by atoms with Crippen LogP contribution in [-0.4, -0.2) is 22.5 Å². The van der Waals surface area contributed by atoms with E-state index in [9.17, 15) is 9.90 Å². The lowest BCUT2D eigenvalue weighted by molar-refractivity contribution is 0.0696. The molecular formula is C27H26N4O2. The number of aromatic carboxylic acids is 1. The number of nitrogens with one attached hydrogen (secondary N) is 2. The van der Waals surface area contributed by atoms with E-state index >= 15 is 0 Å². The number of carbonyl (C=O) groups is 1. The topological polar surface area (TPSA) is 109 Å². The normalized spacial score (nSPS) is 13.1. The molecule has 0 aliphatic carbocycles. The van der Waals surface area contributed by atoms with Gasteiger partial charge in [0.2, 0.25) is 0 Å². The van der Waals surface area contributed by atoms with Crippen LogP contribution in [0, 0.1) is 30.6 Å². The van der Waals surface area contributed by atoms with Crippen molar-refractivity contribution in [3.05, 3.63) is 99.9 Å². The van der Waals surface area contributed by atoms with E-state index in [1.807, 2.05) is 39.0 Å². The van der Waals surface area contributed by atoms with Gasteiger partial charge in [0.15, 0.2) is 0 Å². The van der Waals surface area contributed by atoms with E-state index in [0.29, 0.717) is 24.1 Å². The Morgan fingerprint density at radius 2 is 1.76 bits per heavy atom. The fourth-order valence-electron chi connectivity index (χ4n) is 3.58. The summed E-state index contributed by atoms with van der Waals surface area (Å²) in [6.07, 6.45) is 8.76. The van der Waals surface area contributed by atoms with E-state index in [2.05, 4.69) is 16.4 Å². The number of aryl methyl sites for hydroxylation is 2. The fraction of sp³-hybridized carbons (Fsp3) is 0.185. The number of hydrogen-bond acceptors (Lipinski definition) is 5. The van der Waals surface area contributed by atoms with Gasteiger partial charge in [0, 0.05) is 29.0 Å². The van der Waals surface area contributed by atoms with Crippen LogP contribution in [0.4, 0.5) is 5.69 Å². The summed E-state index contributed by atoms with van der Waals surface area (Å²) in [5.74, 6) is -0.939. The Labute approximate surface area is 193 Å². The molecule has 0 fully saturated rings. The molecule has 2 aromatic rings. The number of benzene rings is 2. The van der Waals surface area contributed by atoms with Gasteiger partial charge >= 0.3 is 5.97 Å². The standard InChI is InChI=1S/C27H26N4O2/c1-17-4-9-23(31-26-18(2)14-22(27(32)33)15-19(26)3)12-13-30-25(17)11-10-24(29)21-7-5-20(16-28)6-8-21/h4-9,12-15,29,31H,10-11H2,1-3H3,(H,32,33). The highest BCUT2D eigenvalue weighted by Crippen LogP contribution is 2.25. The molecule has 33 heavy (non-hydrogen) atoms. The molecule has 1 aliphatic rings. The average molecular weight is 439 g/mol. The summed E-state index contributed by atoms with van der Waals surface area (Å²) in [6.45, 7) is 5.76. The van der Waals surface area contributed by atoms with Crippen molar-refractivity contribution < 1.29 is 9.90 Å². The van der Waals surface area contributed by atoms with Gasteiger partial charge < -0.3 is 15.8 Å². The maximum Gasteiger partial charge on any atom is 0.335 e. The summed E-state index contributed by atoms with van der Waals surface area (Å²) in [7, 11) is 0. The highest BCUT2D eigenvalue weighted by molar-refractivity contribution is 6.05. The number of nitrogens with zero attached hydrogens (tertiary/aromatic N) is 2. The molecule has 0 saturated carbocycles. The van der Waals surface area contributed by atoms with Crippen LogP contribution in [0.2, 0.25) is 0 Å². The molecule has 0 spiro atoms. The maximum absolute atomic E-state index is 11.3. The molecular weight excluding hydrogens is 412 g/mol. The molecule has 1 heterocycles. The minimum Gasteiger partial charge on any atom is -0.478 e. The molecule has 3 N–H and O–H groups in total. The number of anilines is 1. The van der Waals surface area contributed by atoms with Crippen molar-refractivity contribution in [2.75, 3.05) is 5.32 Å². The van der Waals surface area contributed by atoms with Crippen LogP contribution in [0.1, 0.15) is 52.4 Å². The first-order chi connectivity index (χ1) is 15.8. The van der Waals surface area contributed by atoms with Crippen LogP contribution in [0.3, 0.4) is 0 Å². The second-order valence-corrected chi connectivity index (χ2v) is 7.95. The number of carboxylic acid groups (broad SMARTS) is 1. The van der Waals surface area contributed by atoms with E-state index in [1.54, 1.807) is 42.6 Å². The first kappa shape index (κ1) is 23.4. The van der Waals surface area contributed by atoms with E-state index in [-0.39, 0.29) is 5.56 Å². The van der Waals surface area contributed by atoms with Crippen molar-refractivity contribution in [1.82, 2.24) is 0 Å². The number of hydrogen-bond donors (Lipinski definition) is 3. The first-order valence-corrected chi connectivity index (χ1v) is 10.6. The van der Waals surface area contributed by atoms with E-state index < -0.39 is 5.97 Å². The second-order valence-electron chi connectivity index (χ2n) is 7.95. The minimum atomic E-state index is -0.939. The SMILES string of the molecule is CC1=CC=C(Nc2c(C)cc(C(=O)O)cc2C)C=CN=C1CCC(=N)c1ccc(C#N)cc1. The third-order valence-electron chi connectivity index (χ3n) is 5.48. The molecule has 3 rings (SSSR count). The first-order valence-electron chi connectivity index (χ1n) is 10.6. The molecule has 0 saturated heterocycles. The van der Waals surface area contributed by atoms with Gasteiger partial charge in [-0.1, -0.05) is 18.2 Å². The van der Waals surface area contributed by atoms with Crippen molar-refractivity contribution in [3.63, 3.8) is 0 Å². The van der Waals surface area contributed by atoms with Gasteiger partial charge in [-0.2, -0.15) is 5.26 Å². The van der Waals surface area contributed by atoms with Crippen LogP contribution in [-0.2, 0) is 0 Å². The number of allylic oxidation sites excluding steroid dienone is 4. The zero-order chi connectivity index (χ0) is 24.0. The second kappa shape index (κ2) is 10.4. The molecule has 166 valence electrons. The number of nitriles is 1. The zero-order valence-corrected chi connectivity index (χ0v) is 18.9. The van der Waals surface area contributed by atoms with Crippen LogP contribution in [0.5, 0.6) is 0 Å². The number of rotatable bonds is 7. The molecule has 0 amide bonds. The van der Waals surface area contributed by atoms with Gasteiger partial charge in [-0.05, 0) is 92.3 Å². The number of aliphatic imine (C=N–C) groups is 1. The molecule has 6 heteroatoms. The monoisotopic (exact) mass is 438 g/mol. The summed E-state index contributed by atoms with van der Waals surface area (Å²) in [4.78, 5) is 15.9. The van der Waals surface area contributed by atoms with E-state index in [4.69, 9.17) is 10.7 Å². The number of carboxylic acids is 1. The van der Waals surface area contributed by atoms with Gasteiger partial charge in [0.1, 0.15) is 0 Å². The van der Waals surface area contributed by atoms with Crippen LogP contribution >= 0.6 is 0 Å². The quantitative estimate of drug-likeness (QED) is 0.465. The highest BCUT2D eigenvalue weighted by Gasteiger charge is 2.11. The van der Waals surface area contributed by atoms with E-state index in [1.165, 1.54) is 0 Å². The summed E-state index contributed by atoms with van der Waals surface area (Å²) in [5, 5.41) is 29.9. The van der Waals surface area contributed by atoms with Crippen molar-refractivity contribution in [2.45, 2.75) is 33.6 Å². The smallest absolute Gasteiger partial charge is 0.335 e. The Hall–Kier alpha value is -4.24.